The molecule has 5 atom stereocenters. The molecule has 5 rings (SSSR count). The van der Waals surface area contributed by atoms with Crippen molar-refractivity contribution in [2.45, 2.75) is 274 Å². The van der Waals surface area contributed by atoms with E-state index in [1.54, 1.807) is 19.9 Å². The Hall–Kier alpha value is -5.00. The van der Waals surface area contributed by atoms with Crippen LogP contribution in [0.15, 0.2) is 43.1 Å². The number of ether oxygens (including phenoxy) is 4. The Labute approximate surface area is 628 Å². The van der Waals surface area contributed by atoms with Crippen LogP contribution in [-0.2, 0) is 91.5 Å². The number of H-pyrrole nitrogens is 1. The molecule has 0 spiro atoms. The van der Waals surface area contributed by atoms with Gasteiger partial charge in [-0.2, -0.15) is 0 Å². The topological polar surface area (TPSA) is 294 Å². The summed E-state index contributed by atoms with van der Waals surface area (Å²) in [5.74, 6) is -3.25. The molecule has 2 aromatic rings. The van der Waals surface area contributed by atoms with Gasteiger partial charge in [-0.25, -0.2) is 14.4 Å². The number of amides is 2. The second kappa shape index (κ2) is 39.8. The van der Waals surface area contributed by atoms with Gasteiger partial charge in [-0.15, -0.1) is 18.7 Å². The minimum absolute atomic E-state index is 0. The van der Waals surface area contributed by atoms with E-state index in [1.807, 2.05) is 55.4 Å². The number of carboxylic acids is 2. The molecule has 4 N–H and O–H groups in total. The summed E-state index contributed by atoms with van der Waals surface area (Å²) in [7, 11) is 0. The monoisotopic (exact) mass is 1520 g/mol. The van der Waals surface area contributed by atoms with Crippen molar-refractivity contribution < 1.29 is 116 Å². The maximum absolute atomic E-state index is 15.8. The maximum atomic E-state index is 15.8. The van der Waals surface area contributed by atoms with Crippen molar-refractivity contribution in [3.8, 4) is 0 Å². The number of aromatic nitrogens is 1. The number of allylic oxidation sites excluding steroid dienone is 1. The summed E-state index contributed by atoms with van der Waals surface area (Å²) >= 11 is 1.14. The molecule has 0 radical (unpaired) electrons. The molecule has 2 aromatic heterocycles. The molecule has 100 heavy (non-hydrogen) atoms. The molecular weight excluding hydrogens is 1400 g/mol. The smallest absolute Gasteiger partial charge is 0.342 e. The second-order valence-electron chi connectivity index (χ2n) is 32.8. The summed E-state index contributed by atoms with van der Waals surface area (Å²) in [6.45, 7) is 54.8. The second-order valence-corrected chi connectivity index (χ2v) is 34.1. The van der Waals surface area contributed by atoms with Gasteiger partial charge in [0.2, 0.25) is 5.91 Å². The molecule has 0 saturated heterocycles. The summed E-state index contributed by atoms with van der Waals surface area (Å²) in [5, 5.41) is 24.7. The number of esters is 3. The van der Waals surface area contributed by atoms with Crippen molar-refractivity contribution >= 4 is 77.6 Å². The van der Waals surface area contributed by atoms with Gasteiger partial charge in [0.25, 0.3) is 12.4 Å². The van der Waals surface area contributed by atoms with Gasteiger partial charge in [0.1, 0.15) is 35.4 Å². The fourth-order valence-electron chi connectivity index (χ4n) is 14.5. The van der Waals surface area contributed by atoms with Gasteiger partial charge in [-0.3, -0.25) is 24.0 Å². The number of hydrogen-bond acceptors (Lipinski definition) is 15. The first-order valence-corrected chi connectivity index (χ1v) is 36.7. The van der Waals surface area contributed by atoms with E-state index in [-0.39, 0.29) is 150 Å². The van der Waals surface area contributed by atoms with Crippen molar-refractivity contribution in [2.75, 3.05) is 24.3 Å². The van der Waals surface area contributed by atoms with Crippen LogP contribution in [-0.4, -0.2) is 106 Å². The number of carboxylic acid groups (broad SMARTS) is 2. The van der Waals surface area contributed by atoms with Crippen molar-refractivity contribution in [3.63, 3.8) is 0 Å². The SMILES string of the molecule is C=C(C)C(=O)OCCCC(CC)(CC)C(=O)Nc1[nH]c(C=C2[N-]C(=NC(=O)C(CC)(CC)CCCSC(COC=O)C(=O)O)C(C(=O)OC3C(C(C)(C)C)CC(C)CC3C(C)(C)C)=C2C(C)C)c(C(C)C)c1C(=O)OC1C(C(C)(C)C)CC(C)CC1C(C)(C)C.CC(=O)O.C[c-]1oo1.[Zn].[Zn]. The predicted molar refractivity (Wildman–Crippen MR) is 388 cm³/mol. The summed E-state index contributed by atoms with van der Waals surface area (Å²) in [5.41, 5.74) is -0.463. The third-order valence-electron chi connectivity index (χ3n) is 20.5. The molecule has 2 aliphatic carbocycles. The zero-order valence-corrected chi connectivity index (χ0v) is 72.4. The van der Waals surface area contributed by atoms with Gasteiger partial charge >= 0.3 is 23.9 Å². The fraction of sp³-hybridized carbons (Fsp3) is 0.740. The quantitative estimate of drug-likeness (QED) is 0.00899. The van der Waals surface area contributed by atoms with Crippen LogP contribution in [0.25, 0.3) is 11.4 Å². The van der Waals surface area contributed by atoms with Crippen LogP contribution in [0.1, 0.15) is 277 Å². The summed E-state index contributed by atoms with van der Waals surface area (Å²) < 4.78 is 32.5. The number of aromatic amines is 1. The third-order valence-corrected chi connectivity index (χ3v) is 21.7. The molecule has 3 aliphatic rings. The number of thioether (sulfide) groups is 1. The van der Waals surface area contributed by atoms with Crippen LogP contribution >= 0.6 is 11.8 Å². The summed E-state index contributed by atoms with van der Waals surface area (Å²) in [6, 6.07) is 0. The van der Waals surface area contributed by atoms with E-state index in [1.165, 1.54) is 0 Å². The van der Waals surface area contributed by atoms with Crippen LogP contribution in [0.5, 0.6) is 0 Å². The molecule has 20 nitrogen and oxygen atoms in total. The number of aliphatic carboxylic acids is 2. The molecule has 0 aromatic carbocycles. The standard InChI is InChI=1S/C73H118N4O12S.C2H3O2.C2H4O2.2Zn/c1-25-72(26-2,31-29-33-87-63(81)44(9)10)66(84)76-60-56(64(82)88-58-47(68(13,14)15)35-45(11)36-48(58)69(16,17)18)54(42(5)6)51(74-60)39-52-55(43(7)8)57(65(83)89-59-49(70(19,20)21)37-46(12)38-50(59)71(22,23)24)61(75-52)77-67(85)73(27-3,28-4)32-30-34-90-53(62(79)80)40-86-41-78;1-2-3-4-2;1-2(3)4;;/h39,41-43,45-50,53,58-59H,9,25-38,40H2,1-8,10-24H3,(H4,74,75,76,77,79,80,82,83,84,85);1H3;1H3,(H,3,4);;/q;-1;;;/p-1. The first-order valence-electron chi connectivity index (χ1n) is 35.6. The third kappa shape index (κ3) is 26.0. The van der Waals surface area contributed by atoms with E-state index >= 15 is 19.2 Å². The number of nitrogens with one attached hydrogen (secondary N) is 2. The molecule has 5 unspecified atom stereocenters. The molecular formula is C77H124N4O16SZn2-2. The average Bonchev–Trinajstić information content (AvgIpc) is 1.64. The van der Waals surface area contributed by atoms with E-state index in [0.717, 1.165) is 44.4 Å². The largest absolute Gasteiger partial charge is 0.481 e. The molecule has 2 fully saturated rings. The Bertz CT molecular complexity index is 3060. The molecule has 1 aliphatic heterocycles. The van der Waals surface area contributed by atoms with Gasteiger partial charge in [-0.1, -0.05) is 159 Å². The van der Waals surface area contributed by atoms with Crippen molar-refractivity contribution in [1.82, 2.24) is 4.98 Å². The minimum Gasteiger partial charge on any atom is -0.481 e. The number of carbonyl (C=O) groups excluding carboxylic acids is 6. The van der Waals surface area contributed by atoms with Gasteiger partial charge in [0.15, 0.2) is 5.91 Å². The van der Waals surface area contributed by atoms with E-state index in [2.05, 4.69) is 123 Å². The van der Waals surface area contributed by atoms with Crippen molar-refractivity contribution in [1.29, 1.82) is 0 Å². The minimum atomic E-state index is -1.11. The number of aryl methyl sites for hydroxylation is 1. The molecule has 0 bridgehead atoms. The normalized spacial score (nSPS) is 21.7. The Balaban J connectivity index is 0.00000469. The van der Waals surface area contributed by atoms with Crippen LogP contribution in [0.4, 0.5) is 5.82 Å². The zero-order valence-electron chi connectivity index (χ0n) is 65.6. The Kier molecular flexibility index (Phi) is 37.0. The van der Waals surface area contributed by atoms with E-state index in [9.17, 15) is 19.5 Å². The number of hydrogen-bond donors (Lipinski definition) is 4. The van der Waals surface area contributed by atoms with Gasteiger partial charge in [0, 0.05) is 97.6 Å². The molecule has 2 saturated carbocycles. The van der Waals surface area contributed by atoms with Crippen LogP contribution < -0.4 is 5.32 Å². The first kappa shape index (κ1) is 93.0. The maximum Gasteiger partial charge on any atom is 0.342 e. The molecule has 560 valence electrons. The van der Waals surface area contributed by atoms with Crippen molar-refractivity contribution in [3.05, 3.63) is 57.1 Å². The molecule has 2 amide bonds. The Morgan fingerprint density at radius 2 is 1.15 bits per heavy atom. The number of amidine groups is 1. The first-order chi connectivity index (χ1) is 45.2. The van der Waals surface area contributed by atoms with Crippen molar-refractivity contribution in [2.24, 2.45) is 78.9 Å². The van der Waals surface area contributed by atoms with Gasteiger partial charge in [-0.05, 0) is 164 Å². The fourth-order valence-corrected chi connectivity index (χ4v) is 15.4. The predicted octanol–water partition coefficient (Wildman–Crippen LogP) is 18.3. The van der Waals surface area contributed by atoms with E-state index in [0.29, 0.717) is 97.4 Å². The molecule has 3 heterocycles. The summed E-state index contributed by atoms with van der Waals surface area (Å²) in [4.78, 5) is 115. The number of anilines is 1. The van der Waals surface area contributed by atoms with Gasteiger partial charge < -0.3 is 58.9 Å². The van der Waals surface area contributed by atoms with Crippen LogP contribution in [0.2, 0.25) is 0 Å². The summed E-state index contributed by atoms with van der Waals surface area (Å²) in [6.07, 6.45) is 7.59. The Morgan fingerprint density at radius 3 is 1.52 bits per heavy atom. The van der Waals surface area contributed by atoms with Crippen LogP contribution in [0, 0.1) is 80.8 Å². The number of rotatable bonds is 28. The van der Waals surface area contributed by atoms with E-state index < -0.39 is 64.0 Å². The Morgan fingerprint density at radius 1 is 0.720 bits per heavy atom. The molecule has 23 heteroatoms. The van der Waals surface area contributed by atoms with Gasteiger partial charge in [0.05, 0.1) is 12.2 Å². The zero-order chi connectivity index (χ0) is 75.0. The van der Waals surface area contributed by atoms with E-state index in [4.69, 9.17) is 39.2 Å². The number of aliphatic imine (C=N–C) groups is 1. The average molecular weight is 1520 g/mol. The number of carbonyl (C=O) groups is 8. The van der Waals surface area contributed by atoms with Crippen LogP contribution in [0.3, 0.4) is 0 Å². The number of nitrogens with zero attached hydrogens (tertiary/aromatic N) is 2.